The maximum atomic E-state index is 13.5. The van der Waals surface area contributed by atoms with Crippen molar-refractivity contribution in [2.45, 2.75) is 25.5 Å². The molecule has 2 aromatic rings. The molecule has 24 heavy (non-hydrogen) atoms. The summed E-state index contributed by atoms with van der Waals surface area (Å²) in [6.45, 7) is 2.61. The summed E-state index contributed by atoms with van der Waals surface area (Å²) < 4.78 is 20.0. The summed E-state index contributed by atoms with van der Waals surface area (Å²) in [7, 11) is 0. The fourth-order valence-corrected chi connectivity index (χ4v) is 3.02. The number of halogens is 1. The molecule has 1 aliphatic rings. The Morgan fingerprint density at radius 1 is 1.33 bits per heavy atom. The van der Waals surface area contributed by atoms with Gasteiger partial charge in [0.25, 0.3) is 5.56 Å². The summed E-state index contributed by atoms with van der Waals surface area (Å²) in [4.78, 5) is 29.1. The summed E-state index contributed by atoms with van der Waals surface area (Å²) in [5, 5.41) is 0. The SMILES string of the molecule is NC(=O)OC1CCN(CCn2c(=O)cnc3ccc(F)cc32)CC1. The van der Waals surface area contributed by atoms with Crippen LogP contribution in [0.4, 0.5) is 9.18 Å². The topological polar surface area (TPSA) is 90.5 Å². The molecule has 2 N–H and O–H groups in total. The lowest BCUT2D eigenvalue weighted by molar-refractivity contribution is 0.0554. The highest BCUT2D eigenvalue weighted by Gasteiger charge is 2.21. The quantitative estimate of drug-likeness (QED) is 0.904. The highest BCUT2D eigenvalue weighted by atomic mass is 19.1. The van der Waals surface area contributed by atoms with Gasteiger partial charge in [0, 0.05) is 26.2 Å². The summed E-state index contributed by atoms with van der Waals surface area (Å²) in [5.74, 6) is -0.395. The molecule has 0 spiro atoms. The number of likely N-dealkylation sites (tertiary alicyclic amines) is 1. The van der Waals surface area contributed by atoms with Gasteiger partial charge in [-0.15, -0.1) is 0 Å². The van der Waals surface area contributed by atoms with Crippen LogP contribution in [0, 0.1) is 5.82 Å². The molecule has 128 valence electrons. The monoisotopic (exact) mass is 334 g/mol. The van der Waals surface area contributed by atoms with Crippen molar-refractivity contribution >= 4 is 17.1 Å². The number of piperidine rings is 1. The van der Waals surface area contributed by atoms with E-state index in [4.69, 9.17) is 10.5 Å². The number of aromatic nitrogens is 2. The van der Waals surface area contributed by atoms with Crippen LogP contribution >= 0.6 is 0 Å². The van der Waals surface area contributed by atoms with Crippen LogP contribution in [0.15, 0.2) is 29.2 Å². The van der Waals surface area contributed by atoms with E-state index in [1.165, 1.54) is 22.9 Å². The minimum atomic E-state index is -0.745. The van der Waals surface area contributed by atoms with Gasteiger partial charge in [0.05, 0.1) is 17.2 Å². The molecule has 1 aromatic heterocycles. The molecule has 0 unspecified atom stereocenters. The zero-order valence-electron chi connectivity index (χ0n) is 13.2. The van der Waals surface area contributed by atoms with Crippen LogP contribution in [0.1, 0.15) is 12.8 Å². The van der Waals surface area contributed by atoms with Gasteiger partial charge in [-0.25, -0.2) is 14.2 Å². The number of hydrogen-bond donors (Lipinski definition) is 1. The summed E-state index contributed by atoms with van der Waals surface area (Å²) in [6.07, 6.45) is 1.79. The smallest absolute Gasteiger partial charge is 0.404 e. The predicted molar refractivity (Wildman–Crippen MR) is 86.1 cm³/mol. The standard InChI is InChI=1S/C16H19FN4O3/c17-11-1-2-13-14(9-11)21(15(22)10-19-13)8-7-20-5-3-12(4-6-20)24-16(18)23/h1-2,9-10,12H,3-8H2,(H2,18,23). The molecular formula is C16H19FN4O3. The Labute approximate surface area is 137 Å². The van der Waals surface area contributed by atoms with E-state index in [0.29, 0.717) is 37.0 Å². The molecule has 1 saturated heterocycles. The molecule has 1 aromatic carbocycles. The Morgan fingerprint density at radius 3 is 2.79 bits per heavy atom. The first kappa shape index (κ1) is 16.4. The fraction of sp³-hybridized carbons (Fsp3) is 0.438. The Hall–Kier alpha value is -2.48. The number of nitrogens with zero attached hydrogens (tertiary/aromatic N) is 3. The Balaban J connectivity index is 1.66. The number of hydrogen-bond acceptors (Lipinski definition) is 5. The van der Waals surface area contributed by atoms with E-state index in [-0.39, 0.29) is 11.7 Å². The van der Waals surface area contributed by atoms with Crippen LogP contribution in [-0.4, -0.2) is 46.3 Å². The zero-order chi connectivity index (χ0) is 17.1. The molecule has 3 rings (SSSR count). The number of carbonyl (C=O) groups excluding carboxylic acids is 1. The van der Waals surface area contributed by atoms with Gasteiger partial charge < -0.3 is 19.9 Å². The van der Waals surface area contributed by atoms with Gasteiger partial charge >= 0.3 is 6.09 Å². The number of amides is 1. The van der Waals surface area contributed by atoms with Gasteiger partial charge in [-0.2, -0.15) is 0 Å². The molecule has 0 bridgehead atoms. The van der Waals surface area contributed by atoms with Crippen molar-refractivity contribution in [3.8, 4) is 0 Å². The average molecular weight is 334 g/mol. The van der Waals surface area contributed by atoms with E-state index in [2.05, 4.69) is 9.88 Å². The van der Waals surface area contributed by atoms with Crippen LogP contribution in [0.5, 0.6) is 0 Å². The van der Waals surface area contributed by atoms with E-state index < -0.39 is 11.9 Å². The zero-order valence-corrected chi connectivity index (χ0v) is 13.2. The largest absolute Gasteiger partial charge is 0.446 e. The molecule has 0 aliphatic carbocycles. The van der Waals surface area contributed by atoms with Crippen LogP contribution in [0.25, 0.3) is 11.0 Å². The molecule has 0 atom stereocenters. The van der Waals surface area contributed by atoms with Crippen molar-refractivity contribution < 1.29 is 13.9 Å². The van der Waals surface area contributed by atoms with Crippen LogP contribution < -0.4 is 11.3 Å². The van der Waals surface area contributed by atoms with Crippen LogP contribution in [-0.2, 0) is 11.3 Å². The molecule has 1 amide bonds. The third kappa shape index (κ3) is 3.70. The molecule has 1 fully saturated rings. The third-order valence-electron chi connectivity index (χ3n) is 4.27. The number of fused-ring (bicyclic) bond motifs is 1. The van der Waals surface area contributed by atoms with E-state index in [1.807, 2.05) is 0 Å². The summed E-state index contributed by atoms with van der Waals surface area (Å²) in [6, 6.07) is 4.22. The van der Waals surface area contributed by atoms with Gasteiger partial charge in [-0.3, -0.25) is 4.79 Å². The molecule has 7 nitrogen and oxygen atoms in total. The molecule has 0 saturated carbocycles. The first-order chi connectivity index (χ1) is 11.5. The normalized spacial score (nSPS) is 16.4. The predicted octanol–water partition coefficient (Wildman–Crippen LogP) is 1.10. The molecule has 0 radical (unpaired) electrons. The van der Waals surface area contributed by atoms with Crippen molar-refractivity contribution in [2.24, 2.45) is 5.73 Å². The highest BCUT2D eigenvalue weighted by molar-refractivity contribution is 5.74. The highest BCUT2D eigenvalue weighted by Crippen LogP contribution is 2.15. The van der Waals surface area contributed by atoms with Crippen molar-refractivity contribution in [3.63, 3.8) is 0 Å². The Kier molecular flexibility index (Phi) is 4.75. The minimum absolute atomic E-state index is 0.141. The van der Waals surface area contributed by atoms with E-state index >= 15 is 0 Å². The number of rotatable bonds is 4. The Bertz CT molecular complexity index is 799. The van der Waals surface area contributed by atoms with Crippen LogP contribution in [0.2, 0.25) is 0 Å². The second kappa shape index (κ2) is 6.96. The average Bonchev–Trinajstić information content (AvgIpc) is 2.55. The maximum Gasteiger partial charge on any atom is 0.404 e. The molecular weight excluding hydrogens is 315 g/mol. The van der Waals surface area contributed by atoms with E-state index in [1.54, 1.807) is 6.07 Å². The lowest BCUT2D eigenvalue weighted by Gasteiger charge is -2.31. The number of ether oxygens (including phenoxy) is 1. The summed E-state index contributed by atoms with van der Waals surface area (Å²) >= 11 is 0. The Morgan fingerprint density at radius 2 is 2.08 bits per heavy atom. The van der Waals surface area contributed by atoms with E-state index in [9.17, 15) is 14.0 Å². The second-order valence-corrected chi connectivity index (χ2v) is 5.86. The van der Waals surface area contributed by atoms with Gasteiger partial charge in [-0.1, -0.05) is 0 Å². The van der Waals surface area contributed by atoms with Crippen molar-refractivity contribution in [2.75, 3.05) is 19.6 Å². The first-order valence-electron chi connectivity index (χ1n) is 7.86. The number of primary amides is 1. The van der Waals surface area contributed by atoms with Gasteiger partial charge in [0.15, 0.2) is 0 Å². The van der Waals surface area contributed by atoms with E-state index in [0.717, 1.165) is 13.1 Å². The number of carbonyl (C=O) groups is 1. The van der Waals surface area contributed by atoms with Crippen molar-refractivity contribution in [3.05, 3.63) is 40.6 Å². The molecule has 1 aliphatic heterocycles. The van der Waals surface area contributed by atoms with Gasteiger partial charge in [0.2, 0.25) is 0 Å². The van der Waals surface area contributed by atoms with Crippen molar-refractivity contribution in [1.29, 1.82) is 0 Å². The summed E-state index contributed by atoms with van der Waals surface area (Å²) in [5.41, 5.74) is 5.86. The fourth-order valence-electron chi connectivity index (χ4n) is 3.02. The lowest BCUT2D eigenvalue weighted by Crippen LogP contribution is -2.40. The first-order valence-corrected chi connectivity index (χ1v) is 7.86. The maximum absolute atomic E-state index is 13.5. The molecule has 8 heteroatoms. The number of nitrogens with two attached hydrogens (primary N) is 1. The van der Waals surface area contributed by atoms with Gasteiger partial charge in [-0.05, 0) is 31.0 Å². The van der Waals surface area contributed by atoms with Crippen molar-refractivity contribution in [1.82, 2.24) is 14.5 Å². The van der Waals surface area contributed by atoms with Gasteiger partial charge in [0.1, 0.15) is 11.9 Å². The second-order valence-electron chi connectivity index (χ2n) is 5.86. The minimum Gasteiger partial charge on any atom is -0.446 e. The lowest BCUT2D eigenvalue weighted by atomic mass is 10.1. The molecule has 2 heterocycles. The number of benzene rings is 1. The third-order valence-corrected chi connectivity index (χ3v) is 4.27. The van der Waals surface area contributed by atoms with Crippen LogP contribution in [0.3, 0.4) is 0 Å².